The molecule has 1 aliphatic rings. The largest absolute Gasteiger partial charge is 0.573 e. The minimum Gasteiger partial charge on any atom is -0.489 e. The third kappa shape index (κ3) is 6.00. The second-order valence-electron chi connectivity index (χ2n) is 7.03. The maximum Gasteiger partial charge on any atom is 0.573 e. The number of amides is 1. The van der Waals surface area contributed by atoms with Crippen LogP contribution in [0.2, 0.25) is 0 Å². The van der Waals surface area contributed by atoms with Gasteiger partial charge in [0.05, 0.1) is 17.9 Å². The molecule has 1 aromatic heterocycles. The molecule has 9 heteroatoms. The first-order valence-corrected chi connectivity index (χ1v) is 9.23. The zero-order valence-corrected chi connectivity index (χ0v) is 16.1. The van der Waals surface area contributed by atoms with Crippen LogP contribution in [0, 0.1) is 0 Å². The summed E-state index contributed by atoms with van der Waals surface area (Å²) in [6.07, 6.45) is -1.08. The van der Waals surface area contributed by atoms with Crippen molar-refractivity contribution in [3.8, 4) is 11.5 Å². The summed E-state index contributed by atoms with van der Waals surface area (Å²) in [6, 6.07) is 7.31. The number of nitrogens with one attached hydrogen (secondary N) is 1. The van der Waals surface area contributed by atoms with Gasteiger partial charge in [-0.2, -0.15) is 0 Å². The monoisotopic (exact) mass is 409 g/mol. The van der Waals surface area contributed by atoms with Crippen molar-refractivity contribution in [3.05, 3.63) is 48.3 Å². The Balaban J connectivity index is 1.60. The van der Waals surface area contributed by atoms with Crippen LogP contribution >= 0.6 is 0 Å². The van der Waals surface area contributed by atoms with Gasteiger partial charge in [-0.15, -0.1) is 13.2 Å². The summed E-state index contributed by atoms with van der Waals surface area (Å²) in [5.74, 6) is -0.0228. The second kappa shape index (κ2) is 8.59. The van der Waals surface area contributed by atoms with Crippen LogP contribution < -0.4 is 19.7 Å². The van der Waals surface area contributed by atoms with Gasteiger partial charge in [0.1, 0.15) is 11.5 Å². The third-order valence-corrected chi connectivity index (χ3v) is 4.29. The molecule has 0 spiro atoms. The molecule has 1 aliphatic heterocycles. The van der Waals surface area contributed by atoms with Crippen LogP contribution in [0.5, 0.6) is 11.5 Å². The number of pyridine rings is 1. The van der Waals surface area contributed by atoms with Gasteiger partial charge in [0.2, 0.25) is 0 Å². The highest BCUT2D eigenvalue weighted by Crippen LogP contribution is 2.28. The lowest BCUT2D eigenvalue weighted by Gasteiger charge is -2.20. The molecule has 156 valence electrons. The Kier molecular flexibility index (Phi) is 6.14. The number of rotatable bonds is 6. The summed E-state index contributed by atoms with van der Waals surface area (Å²) in [7, 11) is 0. The average Bonchev–Trinajstić information content (AvgIpc) is 3.09. The van der Waals surface area contributed by atoms with Gasteiger partial charge in [-0.05, 0) is 38.5 Å². The predicted octanol–water partition coefficient (Wildman–Crippen LogP) is 3.78. The van der Waals surface area contributed by atoms with Crippen molar-refractivity contribution in [3.63, 3.8) is 0 Å². The fourth-order valence-electron chi connectivity index (χ4n) is 3.14. The number of benzene rings is 1. The van der Waals surface area contributed by atoms with Gasteiger partial charge in [-0.1, -0.05) is 6.07 Å². The lowest BCUT2D eigenvalue weighted by Crippen LogP contribution is -2.37. The first kappa shape index (κ1) is 20.8. The van der Waals surface area contributed by atoms with E-state index < -0.39 is 6.36 Å². The molecule has 3 rings (SSSR count). The van der Waals surface area contributed by atoms with E-state index in [0.29, 0.717) is 36.5 Å². The van der Waals surface area contributed by atoms with E-state index in [1.165, 1.54) is 24.4 Å². The summed E-state index contributed by atoms with van der Waals surface area (Å²) in [5, 5.41) is 2.94. The van der Waals surface area contributed by atoms with Crippen molar-refractivity contribution >= 4 is 11.6 Å². The Bertz CT molecular complexity index is 858. The number of hydrogen-bond acceptors (Lipinski definition) is 5. The van der Waals surface area contributed by atoms with Crippen molar-refractivity contribution in [1.29, 1.82) is 0 Å². The molecule has 6 nitrogen and oxygen atoms in total. The first-order chi connectivity index (χ1) is 13.7. The SMILES string of the molecule is CC(C)Oc1cncc(C(=O)NC2CCN(c3cccc(OC(F)(F)F)c3)C2)c1. The standard InChI is InChI=1S/C20H22F3N3O3/c1-13(2)28-18-8-14(10-24-11-18)19(27)25-15-6-7-26(12-15)16-4-3-5-17(9-16)29-20(21,22)23/h3-5,8-11,13,15H,6-7,12H2,1-2H3,(H,25,27). The van der Waals surface area contributed by atoms with Gasteiger partial charge in [0.15, 0.2) is 0 Å². The van der Waals surface area contributed by atoms with E-state index in [1.54, 1.807) is 18.3 Å². The Morgan fingerprint density at radius 2 is 2.03 bits per heavy atom. The fourth-order valence-corrected chi connectivity index (χ4v) is 3.14. The van der Waals surface area contributed by atoms with E-state index in [0.717, 1.165) is 0 Å². The number of hydrogen-bond donors (Lipinski definition) is 1. The number of carbonyl (C=O) groups is 1. The maximum absolute atomic E-state index is 12.5. The molecule has 1 N–H and O–H groups in total. The molecule has 0 radical (unpaired) electrons. The maximum atomic E-state index is 12.5. The van der Waals surface area contributed by atoms with Crippen molar-refractivity contribution < 1.29 is 27.4 Å². The van der Waals surface area contributed by atoms with Crippen LogP contribution in [0.15, 0.2) is 42.7 Å². The average molecular weight is 409 g/mol. The van der Waals surface area contributed by atoms with E-state index >= 15 is 0 Å². The van der Waals surface area contributed by atoms with Crippen LogP contribution in [-0.2, 0) is 0 Å². The van der Waals surface area contributed by atoms with E-state index in [-0.39, 0.29) is 23.8 Å². The summed E-state index contributed by atoms with van der Waals surface area (Å²) >= 11 is 0. The van der Waals surface area contributed by atoms with E-state index in [9.17, 15) is 18.0 Å². The first-order valence-electron chi connectivity index (χ1n) is 9.23. The van der Waals surface area contributed by atoms with Gasteiger partial charge in [-0.3, -0.25) is 9.78 Å². The molecule has 0 aliphatic carbocycles. The number of carbonyl (C=O) groups excluding carboxylic acids is 1. The number of anilines is 1. The Morgan fingerprint density at radius 1 is 1.24 bits per heavy atom. The highest BCUT2D eigenvalue weighted by molar-refractivity contribution is 5.94. The van der Waals surface area contributed by atoms with Crippen LogP contribution in [0.25, 0.3) is 0 Å². The molecule has 1 fully saturated rings. The number of nitrogens with zero attached hydrogens (tertiary/aromatic N) is 2. The van der Waals surface area contributed by atoms with Crippen LogP contribution in [-0.4, -0.2) is 42.5 Å². The van der Waals surface area contributed by atoms with Crippen LogP contribution in [0.3, 0.4) is 0 Å². The smallest absolute Gasteiger partial charge is 0.489 e. The van der Waals surface area contributed by atoms with Gasteiger partial charge in [0, 0.05) is 37.1 Å². The number of halogens is 3. The van der Waals surface area contributed by atoms with Crippen LogP contribution in [0.4, 0.5) is 18.9 Å². The molecular weight excluding hydrogens is 387 g/mol. The van der Waals surface area contributed by atoms with Gasteiger partial charge in [0.25, 0.3) is 5.91 Å². The van der Waals surface area contributed by atoms with Crippen molar-refractivity contribution in [1.82, 2.24) is 10.3 Å². The molecule has 1 atom stereocenters. The Labute approximate surface area is 166 Å². The van der Waals surface area contributed by atoms with E-state index in [1.807, 2.05) is 18.7 Å². The summed E-state index contributed by atoms with van der Waals surface area (Å²) in [6.45, 7) is 4.86. The highest BCUT2D eigenvalue weighted by atomic mass is 19.4. The van der Waals surface area contributed by atoms with E-state index in [2.05, 4.69) is 15.0 Å². The number of ether oxygens (including phenoxy) is 2. The highest BCUT2D eigenvalue weighted by Gasteiger charge is 2.31. The quantitative estimate of drug-likeness (QED) is 0.787. The predicted molar refractivity (Wildman–Crippen MR) is 101 cm³/mol. The molecule has 1 unspecified atom stereocenters. The summed E-state index contributed by atoms with van der Waals surface area (Å²) in [5.41, 5.74) is 1.000. The lowest BCUT2D eigenvalue weighted by atomic mass is 10.2. The molecular formula is C20H22F3N3O3. The minimum atomic E-state index is -4.73. The zero-order chi connectivity index (χ0) is 21.0. The molecule has 29 heavy (non-hydrogen) atoms. The fraction of sp³-hybridized carbons (Fsp3) is 0.400. The van der Waals surface area contributed by atoms with Gasteiger partial charge < -0.3 is 19.7 Å². The molecule has 2 aromatic rings. The molecule has 1 saturated heterocycles. The Morgan fingerprint density at radius 3 is 2.76 bits per heavy atom. The molecule has 1 amide bonds. The van der Waals surface area contributed by atoms with E-state index in [4.69, 9.17) is 4.74 Å². The van der Waals surface area contributed by atoms with Gasteiger partial charge >= 0.3 is 6.36 Å². The zero-order valence-electron chi connectivity index (χ0n) is 16.1. The number of alkyl halides is 3. The molecule has 1 aromatic carbocycles. The topological polar surface area (TPSA) is 63.7 Å². The molecule has 0 bridgehead atoms. The minimum absolute atomic E-state index is 0.0319. The summed E-state index contributed by atoms with van der Waals surface area (Å²) in [4.78, 5) is 18.5. The van der Waals surface area contributed by atoms with Crippen LogP contribution in [0.1, 0.15) is 30.6 Å². The van der Waals surface area contributed by atoms with Crippen molar-refractivity contribution in [2.75, 3.05) is 18.0 Å². The number of aromatic nitrogens is 1. The normalized spacial score (nSPS) is 16.8. The van der Waals surface area contributed by atoms with Crippen molar-refractivity contribution in [2.24, 2.45) is 0 Å². The van der Waals surface area contributed by atoms with Crippen molar-refractivity contribution in [2.45, 2.75) is 38.8 Å². The Hall–Kier alpha value is -2.97. The lowest BCUT2D eigenvalue weighted by molar-refractivity contribution is -0.274. The second-order valence-corrected chi connectivity index (χ2v) is 7.03. The van der Waals surface area contributed by atoms with Gasteiger partial charge in [-0.25, -0.2) is 0 Å². The summed E-state index contributed by atoms with van der Waals surface area (Å²) < 4.78 is 46.8. The molecule has 2 heterocycles. The molecule has 0 saturated carbocycles. The third-order valence-electron chi connectivity index (χ3n) is 4.29.